The third-order valence-electron chi connectivity index (χ3n) is 2.79. The summed E-state index contributed by atoms with van der Waals surface area (Å²) in [5, 5.41) is 1.10. The number of aromatic nitrogens is 1. The smallest absolute Gasteiger partial charge is 0.149 e. The molecule has 0 aliphatic carbocycles. The number of benzene rings is 1. The van der Waals surface area contributed by atoms with Gasteiger partial charge in [-0.1, -0.05) is 18.2 Å². The molecule has 0 radical (unpaired) electrons. The molecule has 1 heterocycles. The SMILES string of the molecule is CS(=O)(=O)CCn1c(CN)cc2ccccc21. The Bertz CT molecular complexity index is 629. The van der Waals surface area contributed by atoms with Gasteiger partial charge in [0.15, 0.2) is 0 Å². The maximum Gasteiger partial charge on any atom is 0.149 e. The Balaban J connectivity index is 2.43. The molecule has 0 saturated heterocycles. The first kappa shape index (κ1) is 12.1. The maximum atomic E-state index is 11.2. The van der Waals surface area contributed by atoms with Crippen LogP contribution in [0.15, 0.2) is 30.3 Å². The van der Waals surface area contributed by atoms with Gasteiger partial charge in [0.05, 0.1) is 5.75 Å². The summed E-state index contributed by atoms with van der Waals surface area (Å²) in [6.45, 7) is 0.872. The van der Waals surface area contributed by atoms with Crippen LogP contribution in [0, 0.1) is 0 Å². The molecule has 0 amide bonds. The predicted molar refractivity (Wildman–Crippen MR) is 69.5 cm³/mol. The van der Waals surface area contributed by atoms with E-state index in [0.717, 1.165) is 16.6 Å². The van der Waals surface area contributed by atoms with E-state index < -0.39 is 9.84 Å². The third-order valence-corrected chi connectivity index (χ3v) is 3.72. The van der Waals surface area contributed by atoms with Crippen LogP contribution < -0.4 is 5.73 Å². The number of para-hydroxylation sites is 1. The summed E-state index contributed by atoms with van der Waals surface area (Å²) in [6, 6.07) is 9.91. The quantitative estimate of drug-likeness (QED) is 0.887. The van der Waals surface area contributed by atoms with Crippen LogP contribution in [0.4, 0.5) is 0 Å². The van der Waals surface area contributed by atoms with Crippen LogP contribution in [0.25, 0.3) is 10.9 Å². The Kier molecular flexibility index (Phi) is 3.22. The molecule has 0 spiro atoms. The summed E-state index contributed by atoms with van der Waals surface area (Å²) in [5.41, 5.74) is 7.69. The molecule has 0 atom stereocenters. The van der Waals surface area contributed by atoms with E-state index >= 15 is 0 Å². The van der Waals surface area contributed by atoms with Crippen LogP contribution in [0.2, 0.25) is 0 Å². The first-order valence-electron chi connectivity index (χ1n) is 5.46. The van der Waals surface area contributed by atoms with Crippen molar-refractivity contribution in [3.63, 3.8) is 0 Å². The molecule has 17 heavy (non-hydrogen) atoms. The average Bonchev–Trinajstić information content (AvgIpc) is 2.63. The zero-order chi connectivity index (χ0) is 12.5. The Hall–Kier alpha value is -1.33. The lowest BCUT2D eigenvalue weighted by molar-refractivity contribution is 0.594. The van der Waals surface area contributed by atoms with E-state index in [1.807, 2.05) is 34.9 Å². The number of hydrogen-bond acceptors (Lipinski definition) is 3. The monoisotopic (exact) mass is 252 g/mol. The molecule has 0 bridgehead atoms. The van der Waals surface area contributed by atoms with Crippen molar-refractivity contribution in [3.8, 4) is 0 Å². The van der Waals surface area contributed by atoms with Crippen LogP contribution in [-0.4, -0.2) is 25.0 Å². The lowest BCUT2D eigenvalue weighted by atomic mass is 10.2. The van der Waals surface area contributed by atoms with Crippen molar-refractivity contribution in [3.05, 3.63) is 36.0 Å². The minimum Gasteiger partial charge on any atom is -0.342 e. The highest BCUT2D eigenvalue weighted by Gasteiger charge is 2.09. The Labute approximate surface area is 101 Å². The molecule has 5 heteroatoms. The van der Waals surface area contributed by atoms with E-state index in [9.17, 15) is 8.42 Å². The first-order chi connectivity index (χ1) is 8.01. The molecule has 2 N–H and O–H groups in total. The molecule has 0 aliphatic rings. The largest absolute Gasteiger partial charge is 0.342 e. The lowest BCUT2D eigenvalue weighted by Crippen LogP contribution is -2.14. The molecule has 2 rings (SSSR count). The van der Waals surface area contributed by atoms with Gasteiger partial charge >= 0.3 is 0 Å². The van der Waals surface area contributed by atoms with Gasteiger partial charge in [0.25, 0.3) is 0 Å². The topological polar surface area (TPSA) is 65.1 Å². The van der Waals surface area contributed by atoms with Crippen molar-refractivity contribution in [1.29, 1.82) is 0 Å². The molecule has 4 nitrogen and oxygen atoms in total. The van der Waals surface area contributed by atoms with Gasteiger partial charge in [-0.25, -0.2) is 8.42 Å². The number of fused-ring (bicyclic) bond motifs is 1. The summed E-state index contributed by atoms with van der Waals surface area (Å²) >= 11 is 0. The highest BCUT2D eigenvalue weighted by Crippen LogP contribution is 2.19. The zero-order valence-corrected chi connectivity index (χ0v) is 10.6. The fourth-order valence-corrected chi connectivity index (χ4v) is 2.47. The molecule has 1 aromatic heterocycles. The average molecular weight is 252 g/mol. The van der Waals surface area contributed by atoms with E-state index in [-0.39, 0.29) is 5.75 Å². The first-order valence-corrected chi connectivity index (χ1v) is 7.52. The van der Waals surface area contributed by atoms with Crippen molar-refractivity contribution in [1.82, 2.24) is 4.57 Å². The van der Waals surface area contributed by atoms with Gasteiger partial charge in [0, 0.05) is 30.6 Å². The molecule has 92 valence electrons. The Morgan fingerprint density at radius 3 is 2.65 bits per heavy atom. The van der Waals surface area contributed by atoms with Crippen molar-refractivity contribution in [2.24, 2.45) is 5.73 Å². The molecule has 1 aromatic carbocycles. The standard InChI is InChI=1S/C12H16N2O2S/c1-17(15,16)7-6-14-11(9-13)8-10-4-2-3-5-12(10)14/h2-5,8H,6-7,9,13H2,1H3. The van der Waals surface area contributed by atoms with Crippen molar-refractivity contribution < 1.29 is 8.42 Å². The van der Waals surface area contributed by atoms with Crippen molar-refractivity contribution >= 4 is 20.7 Å². The highest BCUT2D eigenvalue weighted by molar-refractivity contribution is 7.90. The molecule has 0 fully saturated rings. The second-order valence-electron chi connectivity index (χ2n) is 4.18. The number of nitrogens with zero attached hydrogens (tertiary/aromatic N) is 1. The van der Waals surface area contributed by atoms with Gasteiger partial charge in [0.2, 0.25) is 0 Å². The number of rotatable bonds is 4. The minimum atomic E-state index is -2.96. The molecule has 2 aromatic rings. The van der Waals surface area contributed by atoms with Gasteiger partial charge in [-0.05, 0) is 17.5 Å². The van der Waals surface area contributed by atoms with Crippen LogP contribution in [0.3, 0.4) is 0 Å². The van der Waals surface area contributed by atoms with E-state index in [4.69, 9.17) is 5.73 Å². The summed E-state index contributed by atoms with van der Waals surface area (Å²) in [7, 11) is -2.96. The van der Waals surface area contributed by atoms with Gasteiger partial charge in [0.1, 0.15) is 9.84 Å². The molecule has 0 unspecified atom stereocenters. The van der Waals surface area contributed by atoms with E-state index in [0.29, 0.717) is 13.1 Å². The summed E-state index contributed by atoms with van der Waals surface area (Å²) in [5.74, 6) is 0.138. The van der Waals surface area contributed by atoms with E-state index in [1.165, 1.54) is 6.26 Å². The van der Waals surface area contributed by atoms with Gasteiger partial charge in [-0.3, -0.25) is 0 Å². The predicted octanol–water partition coefficient (Wildman–Crippen LogP) is 1.14. The van der Waals surface area contributed by atoms with E-state index in [1.54, 1.807) is 0 Å². The normalized spacial score (nSPS) is 12.1. The van der Waals surface area contributed by atoms with Gasteiger partial charge in [-0.15, -0.1) is 0 Å². The number of hydrogen-bond donors (Lipinski definition) is 1. The zero-order valence-electron chi connectivity index (χ0n) is 9.76. The fourth-order valence-electron chi connectivity index (χ4n) is 1.96. The Morgan fingerprint density at radius 1 is 1.29 bits per heavy atom. The highest BCUT2D eigenvalue weighted by atomic mass is 32.2. The third kappa shape index (κ3) is 2.68. The maximum absolute atomic E-state index is 11.2. The second kappa shape index (κ2) is 4.50. The summed E-state index contributed by atoms with van der Waals surface area (Å²) in [6.07, 6.45) is 1.25. The van der Waals surface area contributed by atoms with Crippen LogP contribution >= 0.6 is 0 Å². The number of sulfone groups is 1. The lowest BCUT2D eigenvalue weighted by Gasteiger charge is -2.08. The molecule has 0 aliphatic heterocycles. The van der Waals surface area contributed by atoms with Crippen molar-refractivity contribution in [2.75, 3.05) is 12.0 Å². The summed E-state index contributed by atoms with van der Waals surface area (Å²) < 4.78 is 24.4. The summed E-state index contributed by atoms with van der Waals surface area (Å²) in [4.78, 5) is 0. The van der Waals surface area contributed by atoms with Crippen LogP contribution in [0.5, 0.6) is 0 Å². The molecular weight excluding hydrogens is 236 g/mol. The van der Waals surface area contributed by atoms with Crippen molar-refractivity contribution in [2.45, 2.75) is 13.1 Å². The second-order valence-corrected chi connectivity index (χ2v) is 6.44. The fraction of sp³-hybridized carbons (Fsp3) is 0.333. The van der Waals surface area contributed by atoms with Crippen LogP contribution in [0.1, 0.15) is 5.69 Å². The Morgan fingerprint density at radius 2 is 2.00 bits per heavy atom. The molecule has 0 saturated carbocycles. The van der Waals surface area contributed by atoms with Gasteiger partial charge < -0.3 is 10.3 Å². The van der Waals surface area contributed by atoms with E-state index in [2.05, 4.69) is 0 Å². The minimum absolute atomic E-state index is 0.138. The molecular formula is C12H16N2O2S. The van der Waals surface area contributed by atoms with Gasteiger partial charge in [-0.2, -0.15) is 0 Å². The number of nitrogens with two attached hydrogens (primary N) is 1. The number of aryl methyl sites for hydroxylation is 1. The van der Waals surface area contributed by atoms with Crippen LogP contribution in [-0.2, 0) is 22.9 Å².